The monoisotopic (exact) mass is 397 g/mol. The Balaban J connectivity index is 2.61. The first-order chi connectivity index (χ1) is 9.72. The number of rotatable bonds is 8. The number of nitrogens with one attached hydrogen (secondary N) is 2. The van der Waals surface area contributed by atoms with Gasteiger partial charge in [0.15, 0.2) is 0 Å². The van der Waals surface area contributed by atoms with Gasteiger partial charge in [-0.05, 0) is 31.2 Å². The Morgan fingerprint density at radius 2 is 2.05 bits per heavy atom. The smallest absolute Gasteiger partial charge is 0.301 e. The molecule has 0 fully saturated rings. The minimum absolute atomic E-state index is 0.358. The Kier molecular flexibility index (Phi) is 7.42. The fourth-order valence-corrected chi connectivity index (χ4v) is 3.16. The highest BCUT2D eigenvalue weighted by Crippen LogP contribution is 2.26. The van der Waals surface area contributed by atoms with Gasteiger partial charge in [-0.15, -0.1) is 0 Å². The lowest BCUT2D eigenvalue weighted by Gasteiger charge is -2.19. The van der Waals surface area contributed by atoms with Crippen molar-refractivity contribution in [3.8, 4) is 0 Å². The summed E-state index contributed by atoms with van der Waals surface area (Å²) in [6.07, 6.45) is 0.738. The third-order valence-electron chi connectivity index (χ3n) is 2.78. The van der Waals surface area contributed by atoms with E-state index in [1.54, 1.807) is 25.2 Å². The molecule has 8 heteroatoms. The first kappa shape index (κ1) is 18.7. The van der Waals surface area contributed by atoms with Crippen molar-refractivity contribution in [1.82, 2.24) is 9.62 Å². The fourth-order valence-electron chi connectivity index (χ4n) is 1.61. The van der Waals surface area contributed by atoms with E-state index >= 15 is 0 Å². The summed E-state index contributed by atoms with van der Waals surface area (Å²) in [5, 5.41) is 3.61. The average molecular weight is 399 g/mol. The minimum Gasteiger partial charge on any atom is -0.314 e. The first-order valence-electron chi connectivity index (χ1n) is 6.65. The number of benzene rings is 1. The van der Waals surface area contributed by atoms with Crippen LogP contribution in [-0.4, -0.2) is 38.9 Å². The van der Waals surface area contributed by atoms with Crippen molar-refractivity contribution in [2.75, 3.05) is 24.9 Å². The normalized spacial score (nSPS) is 12.1. The van der Waals surface area contributed by atoms with Crippen LogP contribution >= 0.6 is 27.5 Å². The molecule has 2 N–H and O–H groups in total. The number of hydrogen-bond acceptors (Lipinski definition) is 3. The van der Waals surface area contributed by atoms with Gasteiger partial charge in [0.05, 0.1) is 10.7 Å². The summed E-state index contributed by atoms with van der Waals surface area (Å²) in [4.78, 5) is 0. The quantitative estimate of drug-likeness (QED) is 0.662. The molecule has 0 heterocycles. The molecule has 0 radical (unpaired) electrons. The van der Waals surface area contributed by atoms with Gasteiger partial charge < -0.3 is 5.32 Å². The van der Waals surface area contributed by atoms with Crippen LogP contribution in [0.3, 0.4) is 0 Å². The van der Waals surface area contributed by atoms with E-state index in [0.29, 0.717) is 23.3 Å². The van der Waals surface area contributed by atoms with E-state index in [-0.39, 0.29) is 0 Å². The molecular weight excluding hydrogens is 378 g/mol. The molecular formula is C13H21BrClN3O2S. The van der Waals surface area contributed by atoms with Crippen LogP contribution in [0.1, 0.15) is 20.3 Å². The Morgan fingerprint density at radius 3 is 2.67 bits per heavy atom. The highest BCUT2D eigenvalue weighted by Gasteiger charge is 2.18. The summed E-state index contributed by atoms with van der Waals surface area (Å²) < 4.78 is 29.0. The number of hydrogen-bond donors (Lipinski definition) is 2. The van der Waals surface area contributed by atoms with E-state index < -0.39 is 10.2 Å². The number of halogens is 2. The minimum atomic E-state index is -3.60. The average Bonchev–Trinajstić information content (AvgIpc) is 2.38. The molecule has 0 aliphatic heterocycles. The maximum atomic E-state index is 12.2. The van der Waals surface area contributed by atoms with Crippen LogP contribution in [0.25, 0.3) is 0 Å². The molecule has 5 nitrogen and oxygen atoms in total. The Morgan fingerprint density at radius 1 is 1.38 bits per heavy atom. The third kappa shape index (κ3) is 6.52. The van der Waals surface area contributed by atoms with Crippen LogP contribution in [0.2, 0.25) is 5.02 Å². The van der Waals surface area contributed by atoms with Crippen molar-refractivity contribution in [3.05, 3.63) is 27.7 Å². The standard InChI is InChI=1S/C13H21BrClN3O2S/c1-10(2)16-7-4-8-18(3)21(19,20)17-13-9-11(14)5-6-12(13)15/h5-6,9-10,16-17H,4,7-8H2,1-3H3. The van der Waals surface area contributed by atoms with Crippen molar-refractivity contribution >= 4 is 43.4 Å². The van der Waals surface area contributed by atoms with Crippen LogP contribution in [0.15, 0.2) is 22.7 Å². The molecule has 1 aromatic rings. The Bertz CT molecular complexity index is 567. The van der Waals surface area contributed by atoms with Crippen LogP contribution in [0, 0.1) is 0 Å². The van der Waals surface area contributed by atoms with Crippen molar-refractivity contribution in [2.24, 2.45) is 0 Å². The van der Waals surface area contributed by atoms with E-state index in [2.05, 4.69) is 39.8 Å². The molecule has 1 rings (SSSR count). The second-order valence-corrected chi connectivity index (χ2v) is 8.12. The molecule has 1 aromatic carbocycles. The summed E-state index contributed by atoms with van der Waals surface area (Å²) >= 11 is 9.28. The summed E-state index contributed by atoms with van der Waals surface area (Å²) in [5.74, 6) is 0. The third-order valence-corrected chi connectivity index (χ3v) is 5.08. The van der Waals surface area contributed by atoms with Crippen molar-refractivity contribution in [3.63, 3.8) is 0 Å². The van der Waals surface area contributed by atoms with Crippen molar-refractivity contribution in [1.29, 1.82) is 0 Å². The van der Waals surface area contributed by atoms with Crippen LogP contribution in [0.4, 0.5) is 5.69 Å². The van der Waals surface area contributed by atoms with Gasteiger partial charge in [0.2, 0.25) is 0 Å². The largest absolute Gasteiger partial charge is 0.314 e. The summed E-state index contributed by atoms with van der Waals surface area (Å²) in [5.41, 5.74) is 0.359. The lowest BCUT2D eigenvalue weighted by atomic mass is 10.3. The maximum absolute atomic E-state index is 12.2. The van der Waals surface area contributed by atoms with Gasteiger partial charge in [-0.25, -0.2) is 0 Å². The van der Waals surface area contributed by atoms with Crippen LogP contribution < -0.4 is 10.0 Å². The van der Waals surface area contributed by atoms with E-state index in [1.165, 1.54) is 4.31 Å². The molecule has 0 spiro atoms. The molecule has 0 bridgehead atoms. The molecule has 0 unspecified atom stereocenters. The fraction of sp³-hybridized carbons (Fsp3) is 0.538. The van der Waals surface area contributed by atoms with E-state index in [9.17, 15) is 8.42 Å². The summed E-state index contributed by atoms with van der Waals surface area (Å²) in [6, 6.07) is 5.41. The van der Waals surface area contributed by atoms with Gasteiger partial charge in [0.1, 0.15) is 0 Å². The highest BCUT2D eigenvalue weighted by atomic mass is 79.9. The Hall–Kier alpha value is -0.340. The second kappa shape index (κ2) is 8.33. The Labute approximate surface area is 140 Å². The van der Waals surface area contributed by atoms with Gasteiger partial charge in [-0.2, -0.15) is 12.7 Å². The SMILES string of the molecule is CC(C)NCCCN(C)S(=O)(=O)Nc1cc(Br)ccc1Cl. The predicted octanol–water partition coefficient (Wildman–Crippen LogP) is 3.08. The maximum Gasteiger partial charge on any atom is 0.301 e. The zero-order chi connectivity index (χ0) is 16.0. The van der Waals surface area contributed by atoms with Gasteiger partial charge in [0.25, 0.3) is 0 Å². The van der Waals surface area contributed by atoms with Gasteiger partial charge in [-0.3, -0.25) is 4.72 Å². The zero-order valence-electron chi connectivity index (χ0n) is 12.4. The summed E-state index contributed by atoms with van der Waals surface area (Å²) in [7, 11) is -2.06. The predicted molar refractivity (Wildman–Crippen MR) is 92.1 cm³/mol. The molecule has 21 heavy (non-hydrogen) atoms. The van der Waals surface area contributed by atoms with Crippen molar-refractivity contribution < 1.29 is 8.42 Å². The lowest BCUT2D eigenvalue weighted by molar-refractivity contribution is 0.451. The molecule has 0 saturated carbocycles. The summed E-state index contributed by atoms with van der Waals surface area (Å²) in [6.45, 7) is 5.31. The molecule has 0 aromatic heterocycles. The topological polar surface area (TPSA) is 61.4 Å². The lowest BCUT2D eigenvalue weighted by Crippen LogP contribution is -2.35. The van der Waals surface area contributed by atoms with Gasteiger partial charge in [-0.1, -0.05) is 41.4 Å². The van der Waals surface area contributed by atoms with Gasteiger partial charge >= 0.3 is 10.2 Å². The van der Waals surface area contributed by atoms with E-state index in [4.69, 9.17) is 11.6 Å². The highest BCUT2D eigenvalue weighted by molar-refractivity contribution is 9.10. The first-order valence-corrected chi connectivity index (χ1v) is 9.26. The molecule has 0 saturated heterocycles. The van der Waals surface area contributed by atoms with Crippen molar-refractivity contribution in [2.45, 2.75) is 26.3 Å². The van der Waals surface area contributed by atoms with E-state index in [1.807, 2.05) is 0 Å². The molecule has 0 amide bonds. The number of nitrogens with zero attached hydrogens (tertiary/aromatic N) is 1. The van der Waals surface area contributed by atoms with Crippen LogP contribution in [-0.2, 0) is 10.2 Å². The van der Waals surface area contributed by atoms with Gasteiger partial charge in [0, 0.05) is 24.1 Å². The second-order valence-electron chi connectivity index (χ2n) is 5.02. The molecule has 120 valence electrons. The molecule has 0 aliphatic rings. The van der Waals surface area contributed by atoms with E-state index in [0.717, 1.165) is 17.4 Å². The number of anilines is 1. The van der Waals surface area contributed by atoms with Crippen LogP contribution in [0.5, 0.6) is 0 Å². The molecule has 0 atom stereocenters. The molecule has 0 aliphatic carbocycles. The zero-order valence-corrected chi connectivity index (χ0v) is 15.5.